The van der Waals surface area contributed by atoms with Crippen LogP contribution < -0.4 is 5.32 Å². The predicted molar refractivity (Wildman–Crippen MR) is 134 cm³/mol. The molecule has 0 spiro atoms. The van der Waals surface area contributed by atoms with Gasteiger partial charge in [0, 0.05) is 57.2 Å². The molecule has 2 N–H and O–H groups in total. The van der Waals surface area contributed by atoms with Crippen LogP contribution in [0.15, 0.2) is 24.5 Å². The summed E-state index contributed by atoms with van der Waals surface area (Å²) in [6.45, 7) is 8.30. The largest absolute Gasteiger partial charge is 0.392 e. The minimum atomic E-state index is -0.602. The Hall–Kier alpha value is -2.03. The van der Waals surface area contributed by atoms with Crippen LogP contribution in [-0.2, 0) is 14.3 Å². The fraction of sp³-hybridized carbons (Fsp3) is 0.741. The van der Waals surface area contributed by atoms with Gasteiger partial charge in [-0.15, -0.1) is 0 Å². The van der Waals surface area contributed by atoms with Gasteiger partial charge in [-0.25, -0.2) is 0 Å². The van der Waals surface area contributed by atoms with E-state index in [4.69, 9.17) is 9.47 Å². The molecule has 0 saturated heterocycles. The maximum atomic E-state index is 13.4. The van der Waals surface area contributed by atoms with Crippen LogP contribution in [0.5, 0.6) is 0 Å². The molecule has 8 heteroatoms. The van der Waals surface area contributed by atoms with Crippen molar-refractivity contribution in [2.24, 2.45) is 29.1 Å². The highest BCUT2D eigenvalue weighted by atomic mass is 16.5. The van der Waals surface area contributed by atoms with Crippen molar-refractivity contribution in [1.29, 1.82) is 0 Å². The quantitative estimate of drug-likeness (QED) is 0.524. The first-order valence-corrected chi connectivity index (χ1v) is 12.9. The molecule has 0 radical (unpaired) electrons. The Labute approximate surface area is 209 Å². The lowest BCUT2D eigenvalue weighted by molar-refractivity contribution is -0.151. The van der Waals surface area contributed by atoms with E-state index in [1.165, 1.54) is 0 Å². The zero-order valence-electron chi connectivity index (χ0n) is 21.9. The first kappa shape index (κ1) is 27.6. The van der Waals surface area contributed by atoms with Crippen LogP contribution in [0.25, 0.3) is 0 Å². The summed E-state index contributed by atoms with van der Waals surface area (Å²) in [6, 6.07) is 3.41. The van der Waals surface area contributed by atoms with Crippen molar-refractivity contribution < 1.29 is 24.2 Å². The van der Waals surface area contributed by atoms with E-state index in [1.807, 2.05) is 6.92 Å². The Balaban J connectivity index is 1.72. The number of nitrogens with zero attached hydrogens (tertiary/aromatic N) is 2. The van der Waals surface area contributed by atoms with E-state index < -0.39 is 6.10 Å². The minimum Gasteiger partial charge on any atom is -0.392 e. The second-order valence-electron chi connectivity index (χ2n) is 10.7. The molecule has 3 rings (SSSR count). The SMILES string of the molecule is COCCN(CCOC)C(=O)[C@@H](C)[C@H]1CC[C@@]2(C)CC[C@H](NC(=O)c3ccncc3)[C@@H](C)[C@@H]2[C@H]1O. The molecule has 1 aromatic rings. The number of hydrogen-bond donors (Lipinski definition) is 2. The van der Waals surface area contributed by atoms with Gasteiger partial charge in [0.25, 0.3) is 5.91 Å². The number of hydrogen-bond acceptors (Lipinski definition) is 6. The number of fused-ring (bicyclic) bond motifs is 1. The molecular formula is C27H43N3O5. The molecule has 1 heterocycles. The number of aromatic nitrogens is 1. The Bertz CT molecular complexity index is 829. The monoisotopic (exact) mass is 489 g/mol. The lowest BCUT2D eigenvalue weighted by atomic mass is 9.51. The maximum absolute atomic E-state index is 13.4. The summed E-state index contributed by atoms with van der Waals surface area (Å²) in [5, 5.41) is 14.9. The highest BCUT2D eigenvalue weighted by Gasteiger charge is 2.54. The third-order valence-corrected chi connectivity index (χ3v) is 8.62. The van der Waals surface area contributed by atoms with Gasteiger partial charge in [0.1, 0.15) is 0 Å². The number of aliphatic hydroxyl groups excluding tert-OH is 1. The van der Waals surface area contributed by atoms with Crippen LogP contribution in [0.4, 0.5) is 0 Å². The molecule has 2 fully saturated rings. The number of aliphatic hydroxyl groups is 1. The molecule has 2 aliphatic rings. The average Bonchev–Trinajstić information content (AvgIpc) is 2.85. The number of pyridine rings is 1. The van der Waals surface area contributed by atoms with E-state index in [1.54, 1.807) is 43.6 Å². The molecule has 0 aromatic carbocycles. The van der Waals surface area contributed by atoms with Gasteiger partial charge in [-0.2, -0.15) is 0 Å². The zero-order chi connectivity index (χ0) is 25.6. The van der Waals surface area contributed by atoms with Gasteiger partial charge in [-0.1, -0.05) is 20.8 Å². The Morgan fingerprint density at radius 2 is 1.77 bits per heavy atom. The number of carbonyl (C=O) groups is 2. The fourth-order valence-corrected chi connectivity index (χ4v) is 6.46. The van der Waals surface area contributed by atoms with E-state index in [0.29, 0.717) is 31.9 Å². The summed E-state index contributed by atoms with van der Waals surface area (Å²) >= 11 is 0. The number of methoxy groups -OCH3 is 2. The fourth-order valence-electron chi connectivity index (χ4n) is 6.46. The molecule has 2 saturated carbocycles. The topological polar surface area (TPSA) is 101 Å². The first-order valence-electron chi connectivity index (χ1n) is 12.9. The Kier molecular flexibility index (Phi) is 9.67. The minimum absolute atomic E-state index is 0.00177. The maximum Gasteiger partial charge on any atom is 0.251 e. The summed E-state index contributed by atoms with van der Waals surface area (Å²) in [6.07, 6.45) is 6.27. The molecule has 196 valence electrons. The molecule has 1 aromatic heterocycles. The van der Waals surface area contributed by atoms with Crippen LogP contribution in [0.3, 0.4) is 0 Å². The molecule has 8 nitrogen and oxygen atoms in total. The highest BCUT2D eigenvalue weighted by Crippen LogP contribution is 2.55. The van der Waals surface area contributed by atoms with Crippen LogP contribution in [0, 0.1) is 29.1 Å². The van der Waals surface area contributed by atoms with Crippen LogP contribution in [0.2, 0.25) is 0 Å². The van der Waals surface area contributed by atoms with Gasteiger partial charge >= 0.3 is 0 Å². The van der Waals surface area contributed by atoms with Crippen molar-refractivity contribution in [3.8, 4) is 0 Å². The van der Waals surface area contributed by atoms with E-state index in [0.717, 1.165) is 25.7 Å². The summed E-state index contributed by atoms with van der Waals surface area (Å²) in [5.74, 6) is -0.382. The Morgan fingerprint density at radius 1 is 1.17 bits per heavy atom. The summed E-state index contributed by atoms with van der Waals surface area (Å²) in [4.78, 5) is 32.0. The second kappa shape index (κ2) is 12.3. The Morgan fingerprint density at radius 3 is 2.37 bits per heavy atom. The number of amides is 2. The molecule has 2 aliphatic carbocycles. The second-order valence-corrected chi connectivity index (χ2v) is 10.7. The van der Waals surface area contributed by atoms with Crippen molar-refractivity contribution in [1.82, 2.24) is 15.2 Å². The predicted octanol–water partition coefficient (Wildman–Crippen LogP) is 2.76. The van der Waals surface area contributed by atoms with E-state index >= 15 is 0 Å². The molecule has 35 heavy (non-hydrogen) atoms. The van der Waals surface area contributed by atoms with Gasteiger partial charge in [-0.05, 0) is 61.0 Å². The lowest BCUT2D eigenvalue weighted by Gasteiger charge is -2.56. The van der Waals surface area contributed by atoms with Crippen molar-refractivity contribution in [3.05, 3.63) is 30.1 Å². The van der Waals surface area contributed by atoms with E-state index in [-0.39, 0.29) is 46.9 Å². The van der Waals surface area contributed by atoms with Crippen LogP contribution in [-0.4, -0.2) is 79.5 Å². The number of ether oxygens (including phenoxy) is 2. The van der Waals surface area contributed by atoms with E-state index in [9.17, 15) is 14.7 Å². The average molecular weight is 490 g/mol. The third kappa shape index (κ3) is 6.22. The van der Waals surface area contributed by atoms with Crippen molar-refractivity contribution >= 4 is 11.8 Å². The van der Waals surface area contributed by atoms with Gasteiger partial charge in [0.15, 0.2) is 0 Å². The zero-order valence-corrected chi connectivity index (χ0v) is 21.9. The van der Waals surface area contributed by atoms with Crippen molar-refractivity contribution in [3.63, 3.8) is 0 Å². The van der Waals surface area contributed by atoms with Crippen LogP contribution in [0.1, 0.15) is 56.8 Å². The summed E-state index contributed by atoms with van der Waals surface area (Å²) in [7, 11) is 3.25. The smallest absolute Gasteiger partial charge is 0.251 e. The molecular weight excluding hydrogens is 446 g/mol. The lowest BCUT2D eigenvalue weighted by Crippen LogP contribution is -2.58. The first-order chi connectivity index (χ1) is 16.7. The standard InChI is InChI=1S/C27H43N3O5/c1-18(26(33)30(14-16-34-4)15-17-35-5)21-6-10-27(3)11-7-22(19(2)23(27)24(21)31)29-25(32)20-8-12-28-13-9-20/h8-9,12-13,18-19,21-24,31H,6-7,10-11,14-17H2,1-5H3,(H,29,32)/t18-,19+,21+,22-,23+,24-,27-/m0/s1. The van der Waals surface area contributed by atoms with Gasteiger partial charge in [0.2, 0.25) is 5.91 Å². The number of nitrogens with one attached hydrogen (secondary N) is 1. The van der Waals surface area contributed by atoms with Gasteiger partial charge in [0.05, 0.1) is 19.3 Å². The van der Waals surface area contributed by atoms with Crippen LogP contribution >= 0.6 is 0 Å². The molecule has 0 unspecified atom stereocenters. The highest BCUT2D eigenvalue weighted by molar-refractivity contribution is 5.94. The molecule has 0 bridgehead atoms. The van der Waals surface area contributed by atoms with Crippen molar-refractivity contribution in [2.75, 3.05) is 40.5 Å². The molecule has 0 aliphatic heterocycles. The van der Waals surface area contributed by atoms with E-state index in [2.05, 4.69) is 24.1 Å². The number of rotatable bonds is 10. The number of carbonyl (C=O) groups excluding carboxylic acids is 2. The molecule has 7 atom stereocenters. The molecule has 2 amide bonds. The third-order valence-electron chi connectivity index (χ3n) is 8.62. The summed E-state index contributed by atoms with van der Waals surface area (Å²) in [5.41, 5.74) is 0.593. The van der Waals surface area contributed by atoms with Gasteiger partial charge < -0.3 is 24.8 Å². The summed E-state index contributed by atoms with van der Waals surface area (Å²) < 4.78 is 10.4. The van der Waals surface area contributed by atoms with Crippen molar-refractivity contribution in [2.45, 2.75) is 58.6 Å². The van der Waals surface area contributed by atoms with Gasteiger partial charge in [-0.3, -0.25) is 14.6 Å². The normalized spacial score (nSPS) is 31.3.